The van der Waals surface area contributed by atoms with Crippen LogP contribution in [0.5, 0.6) is 0 Å². The minimum atomic E-state index is -0.617. The molecule has 3 rings (SSSR count). The standard InChI is InChI=1S/C19H25N3OS.2ClH/c1-14-6-8-15(9-7-14)18(20)19(23)21-13-16(17-5-4-12-24-17)22-10-2-3-11-22;;/h4-9,12,16,18H,2-3,10-11,13,20H2,1H3,(H,21,23);2*1H. The molecule has 1 aromatic carbocycles. The van der Waals surface area contributed by atoms with Crippen LogP contribution in [0.2, 0.25) is 0 Å². The minimum Gasteiger partial charge on any atom is -0.352 e. The van der Waals surface area contributed by atoms with Gasteiger partial charge in [0, 0.05) is 11.4 Å². The van der Waals surface area contributed by atoms with E-state index in [-0.39, 0.29) is 36.8 Å². The SMILES string of the molecule is Cc1ccc(C(N)C(=O)NCC(c2cccs2)N2CCCC2)cc1.Cl.Cl. The second-order valence-corrected chi connectivity index (χ2v) is 7.39. The van der Waals surface area contributed by atoms with Crippen LogP contribution in [-0.2, 0) is 4.79 Å². The lowest BCUT2D eigenvalue weighted by molar-refractivity contribution is -0.122. The fourth-order valence-corrected chi connectivity index (χ4v) is 4.04. The fourth-order valence-electron chi connectivity index (χ4n) is 3.18. The van der Waals surface area contributed by atoms with Crippen molar-refractivity contribution >= 4 is 42.1 Å². The van der Waals surface area contributed by atoms with Gasteiger partial charge in [0.2, 0.25) is 5.91 Å². The van der Waals surface area contributed by atoms with Crippen LogP contribution >= 0.6 is 36.2 Å². The molecular weight excluding hydrogens is 389 g/mol. The number of thiophene rings is 1. The van der Waals surface area contributed by atoms with Crippen LogP contribution in [0.25, 0.3) is 0 Å². The van der Waals surface area contributed by atoms with Gasteiger partial charge in [-0.3, -0.25) is 9.69 Å². The Labute approximate surface area is 172 Å². The van der Waals surface area contributed by atoms with E-state index in [1.807, 2.05) is 31.2 Å². The number of hydrogen-bond acceptors (Lipinski definition) is 4. The fraction of sp³-hybridized carbons (Fsp3) is 0.421. The highest BCUT2D eigenvalue weighted by Crippen LogP contribution is 2.28. The maximum Gasteiger partial charge on any atom is 0.241 e. The summed E-state index contributed by atoms with van der Waals surface area (Å²) in [7, 11) is 0. The second-order valence-electron chi connectivity index (χ2n) is 6.41. The first-order valence-corrected chi connectivity index (χ1v) is 9.40. The summed E-state index contributed by atoms with van der Waals surface area (Å²) >= 11 is 1.75. The quantitative estimate of drug-likeness (QED) is 0.752. The zero-order chi connectivity index (χ0) is 16.9. The highest BCUT2D eigenvalue weighted by Gasteiger charge is 2.25. The van der Waals surface area contributed by atoms with E-state index >= 15 is 0 Å². The molecule has 2 atom stereocenters. The Kier molecular flexibility index (Phi) is 9.61. The first-order chi connectivity index (χ1) is 11.6. The molecule has 1 aliphatic rings. The Hall–Kier alpha value is -1.11. The number of likely N-dealkylation sites (tertiary alicyclic amines) is 1. The minimum absolute atomic E-state index is 0. The van der Waals surface area contributed by atoms with Crippen molar-refractivity contribution in [3.63, 3.8) is 0 Å². The molecule has 1 fully saturated rings. The number of hydrogen-bond donors (Lipinski definition) is 2. The number of amides is 1. The van der Waals surface area contributed by atoms with Gasteiger partial charge in [0.15, 0.2) is 0 Å². The summed E-state index contributed by atoms with van der Waals surface area (Å²) in [6, 6.07) is 11.7. The number of rotatable bonds is 6. The molecule has 7 heteroatoms. The van der Waals surface area contributed by atoms with Gasteiger partial charge in [0.1, 0.15) is 6.04 Å². The molecule has 1 aliphatic heterocycles. The summed E-state index contributed by atoms with van der Waals surface area (Å²) in [5.74, 6) is -0.111. The molecule has 3 N–H and O–H groups in total. The van der Waals surface area contributed by atoms with Crippen molar-refractivity contribution in [2.75, 3.05) is 19.6 Å². The summed E-state index contributed by atoms with van der Waals surface area (Å²) in [6.07, 6.45) is 2.47. The van der Waals surface area contributed by atoms with E-state index in [4.69, 9.17) is 5.73 Å². The number of nitrogens with zero attached hydrogens (tertiary/aromatic N) is 1. The zero-order valence-electron chi connectivity index (χ0n) is 14.9. The number of carbonyl (C=O) groups is 1. The number of benzene rings is 1. The largest absolute Gasteiger partial charge is 0.352 e. The molecular formula is C19H27Cl2N3OS. The Morgan fingerprint density at radius 3 is 2.42 bits per heavy atom. The molecule has 144 valence electrons. The molecule has 2 unspecified atom stereocenters. The van der Waals surface area contributed by atoms with Gasteiger partial charge in [0.05, 0.1) is 6.04 Å². The van der Waals surface area contributed by atoms with Crippen molar-refractivity contribution < 1.29 is 4.79 Å². The van der Waals surface area contributed by atoms with Gasteiger partial charge in [0.25, 0.3) is 0 Å². The van der Waals surface area contributed by atoms with E-state index in [0.29, 0.717) is 6.54 Å². The van der Waals surface area contributed by atoms with Gasteiger partial charge in [-0.15, -0.1) is 36.2 Å². The van der Waals surface area contributed by atoms with Crippen LogP contribution < -0.4 is 11.1 Å². The van der Waals surface area contributed by atoms with Gasteiger partial charge in [-0.05, 0) is 49.9 Å². The Balaban J connectivity index is 0.00000169. The molecule has 1 amide bonds. The normalized spacial score (nSPS) is 16.2. The van der Waals surface area contributed by atoms with Gasteiger partial charge >= 0.3 is 0 Å². The average molecular weight is 416 g/mol. The molecule has 2 aromatic rings. The summed E-state index contributed by atoms with van der Waals surface area (Å²) in [4.78, 5) is 16.2. The van der Waals surface area contributed by atoms with Gasteiger partial charge in [-0.25, -0.2) is 0 Å². The Morgan fingerprint density at radius 1 is 1.19 bits per heavy atom. The highest BCUT2D eigenvalue weighted by molar-refractivity contribution is 7.10. The summed E-state index contributed by atoms with van der Waals surface area (Å²) in [6.45, 7) is 4.83. The highest BCUT2D eigenvalue weighted by atomic mass is 35.5. The van der Waals surface area contributed by atoms with Crippen LogP contribution in [0, 0.1) is 6.92 Å². The lowest BCUT2D eigenvalue weighted by Crippen LogP contribution is -2.40. The third-order valence-electron chi connectivity index (χ3n) is 4.64. The average Bonchev–Trinajstić information content (AvgIpc) is 3.29. The molecule has 2 heterocycles. The lowest BCUT2D eigenvalue weighted by Gasteiger charge is -2.27. The van der Waals surface area contributed by atoms with E-state index in [0.717, 1.165) is 24.2 Å². The number of aryl methyl sites for hydroxylation is 1. The lowest BCUT2D eigenvalue weighted by atomic mass is 10.1. The van der Waals surface area contributed by atoms with E-state index in [1.165, 1.54) is 17.7 Å². The smallest absolute Gasteiger partial charge is 0.241 e. The Bertz CT molecular complexity index is 658. The van der Waals surface area contributed by atoms with Crippen molar-refractivity contribution in [2.24, 2.45) is 5.73 Å². The Morgan fingerprint density at radius 2 is 1.85 bits per heavy atom. The van der Waals surface area contributed by atoms with E-state index < -0.39 is 6.04 Å². The van der Waals surface area contributed by atoms with Crippen molar-refractivity contribution in [2.45, 2.75) is 31.8 Å². The number of carbonyl (C=O) groups excluding carboxylic acids is 1. The first kappa shape index (κ1) is 22.9. The van der Waals surface area contributed by atoms with Crippen LogP contribution in [-0.4, -0.2) is 30.4 Å². The molecule has 1 saturated heterocycles. The predicted octanol–water partition coefficient (Wildman–Crippen LogP) is 3.85. The van der Waals surface area contributed by atoms with Crippen molar-refractivity contribution in [1.82, 2.24) is 10.2 Å². The molecule has 0 saturated carbocycles. The molecule has 0 aliphatic carbocycles. The monoisotopic (exact) mass is 415 g/mol. The van der Waals surface area contributed by atoms with Crippen LogP contribution in [0.15, 0.2) is 41.8 Å². The number of halogens is 2. The molecule has 4 nitrogen and oxygen atoms in total. The van der Waals surface area contributed by atoms with Crippen molar-refractivity contribution in [1.29, 1.82) is 0 Å². The topological polar surface area (TPSA) is 58.4 Å². The van der Waals surface area contributed by atoms with Crippen molar-refractivity contribution in [3.8, 4) is 0 Å². The molecule has 26 heavy (non-hydrogen) atoms. The second kappa shape index (κ2) is 10.9. The zero-order valence-corrected chi connectivity index (χ0v) is 17.3. The third-order valence-corrected chi connectivity index (χ3v) is 5.62. The molecule has 1 aromatic heterocycles. The molecule has 0 radical (unpaired) electrons. The van der Waals surface area contributed by atoms with Gasteiger partial charge in [-0.2, -0.15) is 0 Å². The van der Waals surface area contributed by atoms with Crippen molar-refractivity contribution in [3.05, 3.63) is 57.8 Å². The third kappa shape index (κ3) is 5.69. The molecule has 0 spiro atoms. The molecule has 0 bridgehead atoms. The summed E-state index contributed by atoms with van der Waals surface area (Å²) < 4.78 is 0. The number of nitrogens with one attached hydrogen (secondary N) is 1. The summed E-state index contributed by atoms with van der Waals surface area (Å²) in [5.41, 5.74) is 8.14. The van der Waals surface area contributed by atoms with Gasteiger partial charge in [-0.1, -0.05) is 35.9 Å². The van der Waals surface area contributed by atoms with E-state index in [9.17, 15) is 4.79 Å². The van der Waals surface area contributed by atoms with Crippen LogP contribution in [0.3, 0.4) is 0 Å². The van der Waals surface area contributed by atoms with E-state index in [2.05, 4.69) is 27.7 Å². The van der Waals surface area contributed by atoms with Crippen LogP contribution in [0.1, 0.15) is 40.9 Å². The predicted molar refractivity (Wildman–Crippen MR) is 113 cm³/mol. The first-order valence-electron chi connectivity index (χ1n) is 8.52. The number of nitrogens with two attached hydrogens (primary N) is 1. The summed E-state index contributed by atoms with van der Waals surface area (Å²) in [5, 5.41) is 5.16. The van der Waals surface area contributed by atoms with Crippen LogP contribution in [0.4, 0.5) is 0 Å². The van der Waals surface area contributed by atoms with E-state index in [1.54, 1.807) is 11.3 Å². The maximum absolute atomic E-state index is 12.5. The maximum atomic E-state index is 12.5. The van der Waals surface area contributed by atoms with Gasteiger partial charge < -0.3 is 11.1 Å².